The molecule has 1 saturated carbocycles. The van der Waals surface area contributed by atoms with E-state index in [0.29, 0.717) is 6.04 Å². The molecule has 0 radical (unpaired) electrons. The van der Waals surface area contributed by atoms with Gasteiger partial charge in [0.2, 0.25) is 11.8 Å². The number of nitrogens with one attached hydrogen (secondary N) is 1. The quantitative estimate of drug-likeness (QED) is 0.898. The number of carbonyl (C=O) groups excluding carboxylic acids is 2. The normalized spacial score (nSPS) is 24.7. The standard InChI is InChI=1S/C21H29N3O2/c1-15(20(25)22-17-9-10-17)23-11-13-24(14-12-23)21(26)19-8-4-6-16-5-2-3-7-18(16)19/h2-3,5,7,15,17,19H,4,6,8-14H2,1H3,(H,22,25). The second kappa shape index (κ2) is 7.39. The summed E-state index contributed by atoms with van der Waals surface area (Å²) in [6.07, 6.45) is 5.36. The highest BCUT2D eigenvalue weighted by molar-refractivity contribution is 5.85. The molecule has 1 heterocycles. The van der Waals surface area contributed by atoms with Crippen LogP contribution in [0.1, 0.15) is 49.7 Å². The number of benzene rings is 1. The Morgan fingerprint density at radius 3 is 2.54 bits per heavy atom. The molecular weight excluding hydrogens is 326 g/mol. The van der Waals surface area contributed by atoms with Gasteiger partial charge in [-0.15, -0.1) is 0 Å². The molecule has 0 bridgehead atoms. The van der Waals surface area contributed by atoms with Crippen molar-refractivity contribution in [3.05, 3.63) is 35.4 Å². The second-order valence-corrected chi connectivity index (χ2v) is 7.96. The van der Waals surface area contributed by atoms with Crippen LogP contribution in [-0.2, 0) is 16.0 Å². The van der Waals surface area contributed by atoms with Crippen LogP contribution >= 0.6 is 0 Å². The van der Waals surface area contributed by atoms with Crippen molar-refractivity contribution in [2.24, 2.45) is 0 Å². The van der Waals surface area contributed by atoms with Crippen molar-refractivity contribution in [1.29, 1.82) is 0 Å². The first-order valence-corrected chi connectivity index (χ1v) is 10.0. The van der Waals surface area contributed by atoms with Crippen LogP contribution in [0, 0.1) is 0 Å². The molecule has 1 aromatic carbocycles. The van der Waals surface area contributed by atoms with Gasteiger partial charge in [0, 0.05) is 32.2 Å². The summed E-state index contributed by atoms with van der Waals surface area (Å²) < 4.78 is 0. The number of piperazine rings is 1. The van der Waals surface area contributed by atoms with Crippen LogP contribution in [0.15, 0.2) is 24.3 Å². The molecule has 2 fully saturated rings. The lowest BCUT2D eigenvalue weighted by Crippen LogP contribution is -2.55. The van der Waals surface area contributed by atoms with E-state index in [9.17, 15) is 9.59 Å². The van der Waals surface area contributed by atoms with Gasteiger partial charge in [-0.1, -0.05) is 24.3 Å². The lowest BCUT2D eigenvalue weighted by Gasteiger charge is -2.39. The number of hydrogen-bond donors (Lipinski definition) is 1. The van der Waals surface area contributed by atoms with Crippen molar-refractivity contribution < 1.29 is 9.59 Å². The highest BCUT2D eigenvalue weighted by Crippen LogP contribution is 2.33. The Morgan fingerprint density at radius 2 is 1.81 bits per heavy atom. The number of fused-ring (bicyclic) bond motifs is 1. The molecule has 140 valence electrons. The number of nitrogens with zero attached hydrogens (tertiary/aromatic N) is 2. The SMILES string of the molecule is CC(C(=O)NC1CC1)N1CCN(C(=O)C2CCCc3ccccc32)CC1. The van der Waals surface area contributed by atoms with Crippen LogP contribution in [0.2, 0.25) is 0 Å². The highest BCUT2D eigenvalue weighted by atomic mass is 16.2. The number of amides is 2. The molecule has 2 amide bonds. The van der Waals surface area contributed by atoms with Gasteiger partial charge in [-0.25, -0.2) is 0 Å². The van der Waals surface area contributed by atoms with Gasteiger partial charge in [0.05, 0.1) is 12.0 Å². The van der Waals surface area contributed by atoms with Gasteiger partial charge in [0.25, 0.3) is 0 Å². The van der Waals surface area contributed by atoms with Gasteiger partial charge in [0.15, 0.2) is 0 Å². The first-order valence-electron chi connectivity index (χ1n) is 10.0. The van der Waals surface area contributed by atoms with Gasteiger partial charge in [-0.2, -0.15) is 0 Å². The average molecular weight is 355 g/mol. The van der Waals surface area contributed by atoms with Crippen molar-refractivity contribution in [3.63, 3.8) is 0 Å². The maximum absolute atomic E-state index is 13.1. The smallest absolute Gasteiger partial charge is 0.237 e. The molecule has 0 spiro atoms. The van der Waals surface area contributed by atoms with Crippen LogP contribution in [0.4, 0.5) is 0 Å². The minimum Gasteiger partial charge on any atom is -0.352 e. The van der Waals surface area contributed by atoms with Crippen LogP contribution in [0.3, 0.4) is 0 Å². The lowest BCUT2D eigenvalue weighted by atomic mass is 9.82. The molecule has 4 rings (SSSR count). The summed E-state index contributed by atoms with van der Waals surface area (Å²) >= 11 is 0. The lowest BCUT2D eigenvalue weighted by molar-refractivity contribution is -0.136. The number of rotatable bonds is 4. The summed E-state index contributed by atoms with van der Waals surface area (Å²) in [4.78, 5) is 29.6. The minimum atomic E-state index is -0.108. The molecule has 2 unspecified atom stereocenters. The number of carbonyl (C=O) groups is 2. The van der Waals surface area contributed by atoms with E-state index in [-0.39, 0.29) is 23.8 Å². The predicted molar refractivity (Wildman–Crippen MR) is 101 cm³/mol. The molecule has 1 aromatic rings. The van der Waals surface area contributed by atoms with Crippen LogP contribution < -0.4 is 5.32 Å². The molecule has 2 aliphatic carbocycles. The zero-order chi connectivity index (χ0) is 18.1. The molecule has 5 heteroatoms. The van der Waals surface area contributed by atoms with Gasteiger partial charge < -0.3 is 10.2 Å². The first-order chi connectivity index (χ1) is 12.6. The van der Waals surface area contributed by atoms with Crippen molar-refractivity contribution in [1.82, 2.24) is 15.1 Å². The fourth-order valence-corrected chi connectivity index (χ4v) is 4.28. The van der Waals surface area contributed by atoms with Crippen molar-refractivity contribution in [2.75, 3.05) is 26.2 Å². The first kappa shape index (κ1) is 17.5. The van der Waals surface area contributed by atoms with E-state index >= 15 is 0 Å². The highest BCUT2D eigenvalue weighted by Gasteiger charge is 2.34. The van der Waals surface area contributed by atoms with Gasteiger partial charge in [-0.3, -0.25) is 14.5 Å². The molecule has 3 aliphatic rings. The summed E-state index contributed by atoms with van der Waals surface area (Å²) in [5, 5.41) is 3.09. The zero-order valence-electron chi connectivity index (χ0n) is 15.6. The molecule has 26 heavy (non-hydrogen) atoms. The van der Waals surface area contributed by atoms with Crippen molar-refractivity contribution >= 4 is 11.8 Å². The third-order valence-electron chi connectivity index (χ3n) is 6.14. The average Bonchev–Trinajstić information content (AvgIpc) is 3.50. The van der Waals surface area contributed by atoms with E-state index in [1.165, 1.54) is 11.1 Å². The third-order valence-corrected chi connectivity index (χ3v) is 6.14. The Balaban J connectivity index is 1.34. The van der Waals surface area contributed by atoms with Gasteiger partial charge in [-0.05, 0) is 50.2 Å². The van der Waals surface area contributed by atoms with Crippen LogP contribution in [0.5, 0.6) is 0 Å². The Bertz CT molecular complexity index is 678. The molecule has 1 N–H and O–H groups in total. The van der Waals surface area contributed by atoms with Crippen molar-refractivity contribution in [2.45, 2.75) is 57.0 Å². The maximum atomic E-state index is 13.1. The Hall–Kier alpha value is -1.88. The summed E-state index contributed by atoms with van der Waals surface area (Å²) in [5.41, 5.74) is 2.56. The molecule has 1 saturated heterocycles. The van der Waals surface area contributed by atoms with Gasteiger partial charge in [0.1, 0.15) is 0 Å². The number of hydrogen-bond acceptors (Lipinski definition) is 3. The zero-order valence-corrected chi connectivity index (χ0v) is 15.6. The summed E-state index contributed by atoms with van der Waals surface area (Å²) in [6.45, 7) is 4.97. The van der Waals surface area contributed by atoms with E-state index in [1.807, 2.05) is 17.9 Å². The summed E-state index contributed by atoms with van der Waals surface area (Å²) in [6, 6.07) is 8.69. The fourth-order valence-electron chi connectivity index (χ4n) is 4.28. The molecule has 0 aromatic heterocycles. The number of aryl methyl sites for hydroxylation is 1. The minimum absolute atomic E-state index is 0.0158. The summed E-state index contributed by atoms with van der Waals surface area (Å²) in [7, 11) is 0. The van der Waals surface area contributed by atoms with Crippen molar-refractivity contribution in [3.8, 4) is 0 Å². The van der Waals surface area contributed by atoms with E-state index in [2.05, 4.69) is 28.4 Å². The molecular formula is C21H29N3O2. The van der Waals surface area contributed by atoms with E-state index < -0.39 is 0 Å². The topological polar surface area (TPSA) is 52.7 Å². The Morgan fingerprint density at radius 1 is 1.08 bits per heavy atom. The second-order valence-electron chi connectivity index (χ2n) is 7.96. The summed E-state index contributed by atoms with van der Waals surface area (Å²) in [5.74, 6) is 0.419. The monoisotopic (exact) mass is 355 g/mol. The third kappa shape index (κ3) is 3.63. The fraction of sp³-hybridized carbons (Fsp3) is 0.619. The largest absolute Gasteiger partial charge is 0.352 e. The van der Waals surface area contributed by atoms with Gasteiger partial charge >= 0.3 is 0 Å². The molecule has 5 nitrogen and oxygen atoms in total. The van der Waals surface area contributed by atoms with Crippen LogP contribution in [-0.4, -0.2) is 59.9 Å². The molecule has 1 aliphatic heterocycles. The maximum Gasteiger partial charge on any atom is 0.237 e. The predicted octanol–water partition coefficient (Wildman–Crippen LogP) is 1.92. The van der Waals surface area contributed by atoms with E-state index in [1.54, 1.807) is 0 Å². The van der Waals surface area contributed by atoms with E-state index in [0.717, 1.165) is 58.3 Å². The Kier molecular flexibility index (Phi) is 4.98. The molecule has 2 atom stereocenters. The van der Waals surface area contributed by atoms with E-state index in [4.69, 9.17) is 0 Å². The van der Waals surface area contributed by atoms with Crippen LogP contribution in [0.25, 0.3) is 0 Å². The Labute approximate surface area is 155 Å².